The molecule has 3 nitrogen and oxygen atoms in total. The van der Waals surface area contributed by atoms with Crippen molar-refractivity contribution in [2.24, 2.45) is 0 Å². The van der Waals surface area contributed by atoms with Gasteiger partial charge in [0.25, 0.3) is 5.91 Å². The lowest BCUT2D eigenvalue weighted by atomic mass is 10.1. The lowest BCUT2D eigenvalue weighted by molar-refractivity contribution is 0.0740. The molecule has 0 heterocycles. The van der Waals surface area contributed by atoms with Gasteiger partial charge in [0, 0.05) is 28.9 Å². The van der Waals surface area contributed by atoms with Gasteiger partial charge in [-0.05, 0) is 31.2 Å². The predicted molar refractivity (Wildman–Crippen MR) is 82.8 cm³/mol. The SMILES string of the molecule is CC(c1ccccc1F)N(C)C(=O)c1cc(N)cc(Cl)c1. The van der Waals surface area contributed by atoms with Crippen molar-refractivity contribution in [2.45, 2.75) is 13.0 Å². The van der Waals surface area contributed by atoms with Gasteiger partial charge in [0.1, 0.15) is 5.82 Å². The third-order valence-corrected chi connectivity index (χ3v) is 3.64. The third-order valence-electron chi connectivity index (χ3n) is 3.42. The molecule has 2 aromatic carbocycles. The number of nitrogens with two attached hydrogens (primary N) is 1. The van der Waals surface area contributed by atoms with Crippen LogP contribution in [0.15, 0.2) is 42.5 Å². The van der Waals surface area contributed by atoms with Crippen LogP contribution in [-0.4, -0.2) is 17.9 Å². The molecule has 0 aliphatic carbocycles. The lowest BCUT2D eigenvalue weighted by Crippen LogP contribution is -2.30. The molecule has 2 aromatic rings. The summed E-state index contributed by atoms with van der Waals surface area (Å²) in [5, 5.41) is 0.394. The Morgan fingerprint density at radius 1 is 1.29 bits per heavy atom. The third kappa shape index (κ3) is 3.34. The molecule has 110 valence electrons. The Morgan fingerprint density at radius 2 is 1.95 bits per heavy atom. The fraction of sp³-hybridized carbons (Fsp3) is 0.188. The quantitative estimate of drug-likeness (QED) is 0.874. The van der Waals surface area contributed by atoms with Crippen LogP contribution in [0.1, 0.15) is 28.9 Å². The molecule has 1 amide bonds. The van der Waals surface area contributed by atoms with Crippen LogP contribution in [-0.2, 0) is 0 Å². The number of anilines is 1. The van der Waals surface area contributed by atoms with E-state index in [2.05, 4.69) is 0 Å². The maximum atomic E-state index is 13.8. The minimum atomic E-state index is -0.404. The molecular formula is C16H16ClFN2O. The first kappa shape index (κ1) is 15.3. The van der Waals surface area contributed by atoms with Gasteiger partial charge < -0.3 is 10.6 Å². The molecule has 0 radical (unpaired) electrons. The largest absolute Gasteiger partial charge is 0.399 e. The van der Waals surface area contributed by atoms with Crippen molar-refractivity contribution in [1.29, 1.82) is 0 Å². The summed E-state index contributed by atoms with van der Waals surface area (Å²) in [6.07, 6.45) is 0. The van der Waals surface area contributed by atoms with Crippen LogP contribution in [0.5, 0.6) is 0 Å². The Hall–Kier alpha value is -2.07. The minimum absolute atomic E-state index is 0.264. The topological polar surface area (TPSA) is 46.3 Å². The van der Waals surface area contributed by atoms with E-state index in [-0.39, 0.29) is 11.7 Å². The van der Waals surface area contributed by atoms with Crippen molar-refractivity contribution in [1.82, 2.24) is 4.90 Å². The summed E-state index contributed by atoms with van der Waals surface area (Å²) in [5.41, 5.74) is 6.95. The number of rotatable bonds is 3. The summed E-state index contributed by atoms with van der Waals surface area (Å²) in [6.45, 7) is 1.77. The van der Waals surface area contributed by atoms with Gasteiger partial charge in [0.05, 0.1) is 6.04 Å². The van der Waals surface area contributed by atoms with Crippen molar-refractivity contribution < 1.29 is 9.18 Å². The first-order chi connectivity index (χ1) is 9.90. The number of halogens is 2. The second-order valence-corrected chi connectivity index (χ2v) is 5.32. The van der Waals surface area contributed by atoms with Crippen LogP contribution in [0.4, 0.5) is 10.1 Å². The van der Waals surface area contributed by atoms with E-state index in [1.54, 1.807) is 50.4 Å². The second-order valence-electron chi connectivity index (χ2n) is 4.89. The highest BCUT2D eigenvalue weighted by atomic mass is 35.5. The van der Waals surface area contributed by atoms with Crippen LogP contribution < -0.4 is 5.73 Å². The Morgan fingerprint density at radius 3 is 2.57 bits per heavy atom. The number of carbonyl (C=O) groups excluding carboxylic acids is 1. The van der Waals surface area contributed by atoms with Crippen LogP contribution in [0.3, 0.4) is 0 Å². The van der Waals surface area contributed by atoms with Crippen LogP contribution in [0.25, 0.3) is 0 Å². The van der Waals surface area contributed by atoms with Crippen LogP contribution in [0, 0.1) is 5.82 Å². The van der Waals surface area contributed by atoms with Gasteiger partial charge in [-0.25, -0.2) is 4.39 Å². The highest BCUT2D eigenvalue weighted by molar-refractivity contribution is 6.31. The normalized spacial score (nSPS) is 12.0. The van der Waals surface area contributed by atoms with Crippen LogP contribution >= 0.6 is 11.6 Å². The first-order valence-corrected chi connectivity index (χ1v) is 6.85. The van der Waals surface area contributed by atoms with Gasteiger partial charge >= 0.3 is 0 Å². The number of carbonyl (C=O) groups is 1. The molecule has 0 spiro atoms. The minimum Gasteiger partial charge on any atom is -0.399 e. The molecule has 0 bridgehead atoms. The van der Waals surface area contributed by atoms with Gasteiger partial charge in [-0.3, -0.25) is 4.79 Å². The molecule has 0 aliphatic heterocycles. The molecule has 21 heavy (non-hydrogen) atoms. The summed E-state index contributed by atoms with van der Waals surface area (Å²) >= 11 is 5.91. The number of nitrogens with zero attached hydrogens (tertiary/aromatic N) is 1. The van der Waals surface area contributed by atoms with E-state index in [0.717, 1.165) is 0 Å². The first-order valence-electron chi connectivity index (χ1n) is 6.48. The van der Waals surface area contributed by atoms with Gasteiger partial charge in [0.15, 0.2) is 0 Å². The maximum absolute atomic E-state index is 13.8. The molecule has 1 atom stereocenters. The second kappa shape index (κ2) is 6.14. The van der Waals surface area contributed by atoms with Gasteiger partial charge in [-0.2, -0.15) is 0 Å². The molecule has 0 fully saturated rings. The lowest BCUT2D eigenvalue weighted by Gasteiger charge is -2.26. The van der Waals surface area contributed by atoms with Crippen molar-refractivity contribution in [3.63, 3.8) is 0 Å². The zero-order valence-corrected chi connectivity index (χ0v) is 12.6. The van der Waals surface area contributed by atoms with Crippen LogP contribution in [0.2, 0.25) is 5.02 Å². The van der Waals surface area contributed by atoms with Crippen molar-refractivity contribution in [3.05, 3.63) is 64.4 Å². The standard InChI is InChI=1S/C16H16ClFN2O/c1-10(14-5-3-4-6-15(14)18)20(2)16(21)11-7-12(17)9-13(19)8-11/h3-10H,19H2,1-2H3. The Balaban J connectivity index is 2.28. The van der Waals surface area contributed by atoms with E-state index in [9.17, 15) is 9.18 Å². The summed E-state index contributed by atoms with van der Waals surface area (Å²) in [4.78, 5) is 13.9. The van der Waals surface area contributed by atoms with E-state index < -0.39 is 6.04 Å². The van der Waals surface area contributed by atoms with E-state index in [1.807, 2.05) is 0 Å². The Kier molecular flexibility index (Phi) is 4.48. The van der Waals surface area contributed by atoms with E-state index >= 15 is 0 Å². The average molecular weight is 307 g/mol. The van der Waals surface area contributed by atoms with Crippen molar-refractivity contribution in [3.8, 4) is 0 Å². The Labute approximate surface area is 128 Å². The predicted octanol–water partition coefficient (Wildman–Crippen LogP) is 3.89. The number of benzene rings is 2. The summed E-state index contributed by atoms with van der Waals surface area (Å²) in [6, 6.07) is 10.7. The zero-order chi connectivity index (χ0) is 15.6. The average Bonchev–Trinajstić information content (AvgIpc) is 2.44. The smallest absolute Gasteiger partial charge is 0.254 e. The number of hydrogen-bond donors (Lipinski definition) is 1. The summed E-state index contributed by atoms with van der Waals surface area (Å²) in [5.74, 6) is -0.602. The van der Waals surface area contributed by atoms with E-state index in [4.69, 9.17) is 17.3 Å². The maximum Gasteiger partial charge on any atom is 0.254 e. The van der Waals surface area contributed by atoms with E-state index in [1.165, 1.54) is 11.0 Å². The van der Waals surface area contributed by atoms with Gasteiger partial charge in [-0.1, -0.05) is 29.8 Å². The highest BCUT2D eigenvalue weighted by Gasteiger charge is 2.21. The number of nitrogen functional groups attached to an aromatic ring is 1. The Bertz CT molecular complexity index is 655. The van der Waals surface area contributed by atoms with Gasteiger partial charge in [-0.15, -0.1) is 0 Å². The molecule has 2 N–H and O–H groups in total. The number of hydrogen-bond acceptors (Lipinski definition) is 2. The molecule has 5 heteroatoms. The number of amides is 1. The summed E-state index contributed by atoms with van der Waals surface area (Å²) in [7, 11) is 1.62. The fourth-order valence-electron chi connectivity index (χ4n) is 2.14. The van der Waals surface area contributed by atoms with Crippen molar-refractivity contribution >= 4 is 23.2 Å². The molecular weight excluding hydrogens is 291 g/mol. The monoisotopic (exact) mass is 306 g/mol. The summed E-state index contributed by atoms with van der Waals surface area (Å²) < 4.78 is 13.8. The van der Waals surface area contributed by atoms with E-state index in [0.29, 0.717) is 21.8 Å². The zero-order valence-electron chi connectivity index (χ0n) is 11.8. The molecule has 0 saturated carbocycles. The fourth-order valence-corrected chi connectivity index (χ4v) is 2.38. The van der Waals surface area contributed by atoms with Crippen molar-refractivity contribution in [2.75, 3.05) is 12.8 Å². The molecule has 0 aliphatic rings. The highest BCUT2D eigenvalue weighted by Crippen LogP contribution is 2.24. The molecule has 0 saturated heterocycles. The molecule has 0 aromatic heterocycles. The molecule has 1 unspecified atom stereocenters. The molecule has 2 rings (SSSR count). The van der Waals surface area contributed by atoms with Gasteiger partial charge in [0.2, 0.25) is 0 Å².